The van der Waals surface area contributed by atoms with Gasteiger partial charge in [0, 0.05) is 6.54 Å². The standard InChI is InChI=1S/C29H37NO4/c1-8-9-16-30-25(20-12-10-19(11-13-20)18(2)3)24(27(32)28(30)33)26(31)22-17-21(29(4,5)6)14-15-23(22)34-7/h10-15,17-18,25,31H,8-9,16H2,1-7H3/b26-24+. The SMILES string of the molecule is CCCCN1C(=O)C(=O)/C(=C(/O)c2cc(C(C)(C)C)ccc2OC)C1c1ccc(C(C)C)cc1. The van der Waals surface area contributed by atoms with Gasteiger partial charge < -0.3 is 14.7 Å². The van der Waals surface area contributed by atoms with Crippen molar-refractivity contribution in [3.05, 3.63) is 70.3 Å². The first-order chi connectivity index (χ1) is 16.0. The third kappa shape index (κ3) is 4.89. The number of ketones is 1. The number of aliphatic hydroxyl groups is 1. The molecule has 1 heterocycles. The van der Waals surface area contributed by atoms with Gasteiger partial charge in [-0.25, -0.2) is 0 Å². The van der Waals surface area contributed by atoms with Crippen molar-refractivity contribution >= 4 is 17.4 Å². The van der Waals surface area contributed by atoms with Crippen molar-refractivity contribution in [2.75, 3.05) is 13.7 Å². The Kier molecular flexibility index (Phi) is 7.54. The van der Waals surface area contributed by atoms with E-state index in [4.69, 9.17) is 4.74 Å². The second kappa shape index (κ2) is 10.0. The van der Waals surface area contributed by atoms with Crippen molar-refractivity contribution in [1.29, 1.82) is 0 Å². The highest BCUT2D eigenvalue weighted by Gasteiger charge is 2.46. The van der Waals surface area contributed by atoms with Crippen LogP contribution in [0.1, 0.15) is 88.6 Å². The minimum atomic E-state index is -0.658. The number of carbonyl (C=O) groups is 2. The number of unbranched alkanes of at least 4 members (excludes halogenated alkanes) is 1. The molecule has 0 spiro atoms. The molecule has 1 saturated heterocycles. The molecule has 0 radical (unpaired) electrons. The molecular formula is C29H37NO4. The number of benzene rings is 2. The second-order valence-electron chi connectivity index (χ2n) is 10.3. The number of aliphatic hydroxyl groups excluding tert-OH is 1. The molecule has 5 nitrogen and oxygen atoms in total. The second-order valence-corrected chi connectivity index (χ2v) is 10.3. The van der Waals surface area contributed by atoms with Crippen molar-refractivity contribution < 1.29 is 19.4 Å². The van der Waals surface area contributed by atoms with Crippen molar-refractivity contribution in [1.82, 2.24) is 4.90 Å². The maximum absolute atomic E-state index is 13.3. The molecule has 3 rings (SSSR count). The van der Waals surface area contributed by atoms with E-state index in [9.17, 15) is 14.7 Å². The molecule has 34 heavy (non-hydrogen) atoms. The Hall–Kier alpha value is -3.08. The van der Waals surface area contributed by atoms with Gasteiger partial charge in [0.15, 0.2) is 0 Å². The van der Waals surface area contributed by atoms with Gasteiger partial charge in [-0.05, 0) is 46.6 Å². The molecule has 5 heteroatoms. The molecule has 0 saturated carbocycles. The predicted octanol–water partition coefficient (Wildman–Crippen LogP) is 6.34. The molecule has 0 bridgehead atoms. The van der Waals surface area contributed by atoms with E-state index in [1.54, 1.807) is 11.0 Å². The summed E-state index contributed by atoms with van der Waals surface area (Å²) in [5.74, 6) is -0.601. The third-order valence-electron chi connectivity index (χ3n) is 6.53. The summed E-state index contributed by atoms with van der Waals surface area (Å²) in [6.45, 7) is 13.0. The number of Topliss-reactive ketones (excluding diaryl/α,β-unsaturated/α-hetero) is 1. The molecule has 1 aliphatic heterocycles. The fourth-order valence-corrected chi connectivity index (χ4v) is 4.35. The molecule has 0 aliphatic carbocycles. The summed E-state index contributed by atoms with van der Waals surface area (Å²) >= 11 is 0. The molecule has 1 atom stereocenters. The van der Waals surface area contributed by atoms with Crippen LogP contribution in [0.3, 0.4) is 0 Å². The Morgan fingerprint density at radius 3 is 2.26 bits per heavy atom. The lowest BCUT2D eigenvalue weighted by Gasteiger charge is -2.26. The van der Waals surface area contributed by atoms with Gasteiger partial charge in [0.1, 0.15) is 11.5 Å². The first-order valence-electron chi connectivity index (χ1n) is 12.1. The zero-order valence-electron chi connectivity index (χ0n) is 21.4. The van der Waals surface area contributed by atoms with E-state index in [0.29, 0.717) is 23.8 Å². The summed E-state index contributed by atoms with van der Waals surface area (Å²) in [6.07, 6.45) is 1.67. The molecule has 0 aromatic heterocycles. The summed E-state index contributed by atoms with van der Waals surface area (Å²) in [5, 5.41) is 11.5. The molecule has 1 amide bonds. The van der Waals surface area contributed by atoms with Gasteiger partial charge in [-0.2, -0.15) is 0 Å². The zero-order chi connectivity index (χ0) is 25.2. The molecule has 2 aromatic rings. The maximum atomic E-state index is 13.3. The number of amides is 1. The highest BCUT2D eigenvalue weighted by molar-refractivity contribution is 6.46. The van der Waals surface area contributed by atoms with Crippen LogP contribution in [0.4, 0.5) is 0 Å². The Labute approximate surface area is 203 Å². The lowest BCUT2D eigenvalue weighted by molar-refractivity contribution is -0.139. The van der Waals surface area contributed by atoms with Gasteiger partial charge in [0.25, 0.3) is 11.7 Å². The van der Waals surface area contributed by atoms with Crippen molar-refractivity contribution in [3.63, 3.8) is 0 Å². The van der Waals surface area contributed by atoms with E-state index in [1.165, 1.54) is 12.7 Å². The molecule has 1 N–H and O–H groups in total. The minimum absolute atomic E-state index is 0.114. The van der Waals surface area contributed by atoms with Crippen LogP contribution in [0, 0.1) is 0 Å². The highest BCUT2D eigenvalue weighted by Crippen LogP contribution is 2.42. The van der Waals surface area contributed by atoms with E-state index in [0.717, 1.165) is 24.0 Å². The van der Waals surface area contributed by atoms with Crippen LogP contribution >= 0.6 is 0 Å². The number of rotatable bonds is 7. The van der Waals surface area contributed by atoms with Gasteiger partial charge in [-0.3, -0.25) is 9.59 Å². The maximum Gasteiger partial charge on any atom is 0.295 e. The smallest absolute Gasteiger partial charge is 0.295 e. The average molecular weight is 464 g/mol. The Morgan fingerprint density at radius 2 is 1.74 bits per heavy atom. The molecule has 182 valence electrons. The number of methoxy groups -OCH3 is 1. The quantitative estimate of drug-likeness (QED) is 0.296. The first kappa shape index (κ1) is 25.5. The highest BCUT2D eigenvalue weighted by atomic mass is 16.5. The van der Waals surface area contributed by atoms with E-state index in [2.05, 4.69) is 34.6 Å². The van der Waals surface area contributed by atoms with Crippen LogP contribution in [0.5, 0.6) is 5.75 Å². The third-order valence-corrected chi connectivity index (χ3v) is 6.53. The van der Waals surface area contributed by atoms with E-state index in [1.807, 2.05) is 43.3 Å². The van der Waals surface area contributed by atoms with Crippen molar-refractivity contribution in [2.45, 2.75) is 71.8 Å². The van der Waals surface area contributed by atoms with Crippen molar-refractivity contribution in [2.24, 2.45) is 0 Å². The number of nitrogens with zero attached hydrogens (tertiary/aromatic N) is 1. The number of hydrogen-bond donors (Lipinski definition) is 1. The van der Waals surface area contributed by atoms with Gasteiger partial charge in [-0.15, -0.1) is 0 Å². The van der Waals surface area contributed by atoms with E-state index >= 15 is 0 Å². The lowest BCUT2D eigenvalue weighted by atomic mass is 9.85. The van der Waals surface area contributed by atoms with Gasteiger partial charge in [0.2, 0.25) is 0 Å². The van der Waals surface area contributed by atoms with Crippen LogP contribution in [-0.2, 0) is 15.0 Å². The van der Waals surface area contributed by atoms with Gasteiger partial charge in [0.05, 0.1) is 24.3 Å². The minimum Gasteiger partial charge on any atom is -0.507 e. The van der Waals surface area contributed by atoms with Gasteiger partial charge in [-0.1, -0.05) is 78.3 Å². The van der Waals surface area contributed by atoms with E-state index < -0.39 is 17.7 Å². The molecule has 1 unspecified atom stereocenters. The number of ether oxygens (including phenoxy) is 1. The topological polar surface area (TPSA) is 66.8 Å². The van der Waals surface area contributed by atoms with Crippen LogP contribution in [0.2, 0.25) is 0 Å². The van der Waals surface area contributed by atoms with Crippen LogP contribution in [0.15, 0.2) is 48.0 Å². The number of hydrogen-bond acceptors (Lipinski definition) is 4. The van der Waals surface area contributed by atoms with Crippen LogP contribution in [0.25, 0.3) is 5.76 Å². The summed E-state index contributed by atoms with van der Waals surface area (Å²) in [4.78, 5) is 28.0. The Bertz CT molecular complexity index is 1090. The summed E-state index contributed by atoms with van der Waals surface area (Å²) in [7, 11) is 1.53. The average Bonchev–Trinajstić information content (AvgIpc) is 3.06. The fourth-order valence-electron chi connectivity index (χ4n) is 4.35. The van der Waals surface area contributed by atoms with Crippen LogP contribution in [-0.4, -0.2) is 35.4 Å². The predicted molar refractivity (Wildman–Crippen MR) is 136 cm³/mol. The molecule has 1 aliphatic rings. The summed E-state index contributed by atoms with van der Waals surface area (Å²) in [6, 6.07) is 12.9. The first-order valence-corrected chi connectivity index (χ1v) is 12.1. The summed E-state index contributed by atoms with van der Waals surface area (Å²) < 4.78 is 5.53. The van der Waals surface area contributed by atoms with Crippen molar-refractivity contribution in [3.8, 4) is 5.75 Å². The van der Waals surface area contributed by atoms with Gasteiger partial charge >= 0.3 is 0 Å². The monoisotopic (exact) mass is 463 g/mol. The lowest BCUT2D eigenvalue weighted by Crippen LogP contribution is -2.30. The van der Waals surface area contributed by atoms with E-state index in [-0.39, 0.29) is 16.7 Å². The summed E-state index contributed by atoms with van der Waals surface area (Å²) in [5.41, 5.74) is 3.35. The van der Waals surface area contributed by atoms with Crippen LogP contribution < -0.4 is 4.74 Å². The Morgan fingerprint density at radius 1 is 1.09 bits per heavy atom. The molecule has 2 aromatic carbocycles. The largest absolute Gasteiger partial charge is 0.507 e. The molecule has 1 fully saturated rings. The fraction of sp³-hybridized carbons (Fsp3) is 0.448. The molecular weight excluding hydrogens is 426 g/mol. The Balaban J connectivity index is 2.24. The zero-order valence-corrected chi connectivity index (χ0v) is 21.4. The number of carbonyl (C=O) groups excluding carboxylic acids is 2. The normalized spacial score (nSPS) is 18.1. The number of likely N-dealkylation sites (tertiary alicyclic amines) is 1.